The Bertz CT molecular complexity index is 3230. The molecule has 1 aliphatic carbocycles. The van der Waals surface area contributed by atoms with E-state index < -0.39 is 127 Å². The van der Waals surface area contributed by atoms with Crippen LogP contribution in [0.2, 0.25) is 0 Å². The van der Waals surface area contributed by atoms with Crippen molar-refractivity contribution in [2.75, 3.05) is 26.2 Å². The van der Waals surface area contributed by atoms with Crippen molar-refractivity contribution in [3.05, 3.63) is 110 Å². The van der Waals surface area contributed by atoms with Gasteiger partial charge in [-0.25, -0.2) is 14.2 Å². The number of imide groups is 2. The number of rotatable bonds is 21. The fourth-order valence-corrected chi connectivity index (χ4v) is 10.2. The zero-order valence-corrected chi connectivity index (χ0v) is 42.1. The number of benzene rings is 2. The highest BCUT2D eigenvalue weighted by Gasteiger charge is 2.46. The maximum atomic E-state index is 15.8. The summed E-state index contributed by atoms with van der Waals surface area (Å²) in [6.07, 6.45) is 2.69. The summed E-state index contributed by atoms with van der Waals surface area (Å²) in [6, 6.07) is 7.33. The zero-order chi connectivity index (χ0) is 55.5. The number of carboxylic acids is 1. The molecule has 23 nitrogen and oxygen atoms in total. The molecule has 24 heteroatoms. The molecule has 0 spiro atoms. The quantitative estimate of drug-likeness (QED) is 0.0294. The van der Waals surface area contributed by atoms with Gasteiger partial charge in [0.05, 0.1) is 54.6 Å². The van der Waals surface area contributed by atoms with E-state index in [0.29, 0.717) is 46.0 Å². The van der Waals surface area contributed by atoms with Crippen molar-refractivity contribution in [3.8, 4) is 11.4 Å². The summed E-state index contributed by atoms with van der Waals surface area (Å²) < 4.78 is 22.5. The number of halogens is 1. The average Bonchev–Trinajstić information content (AvgIpc) is 4.21. The number of nitrogens with two attached hydrogens (primary N) is 1. The normalized spacial score (nSPS) is 17.6. The Morgan fingerprint density at radius 3 is 2.32 bits per heavy atom. The summed E-state index contributed by atoms with van der Waals surface area (Å²) in [4.78, 5) is 151. The maximum Gasteiger partial charge on any atom is 0.343 e. The number of nitrogens with zero attached hydrogens (tertiary/aromatic N) is 4. The van der Waals surface area contributed by atoms with Gasteiger partial charge in [0.2, 0.25) is 35.4 Å². The second kappa shape index (κ2) is 22.8. The number of nitrogens with one attached hydrogen (secondary N) is 4. The molecule has 8 N–H and O–H groups in total. The Kier molecular flexibility index (Phi) is 16.2. The van der Waals surface area contributed by atoms with Crippen LogP contribution in [0.15, 0.2) is 59.4 Å². The number of aliphatic carboxylic acids is 1. The number of aromatic nitrogens is 2. The molecule has 8 amide bonds. The number of carbonyl (C=O) groups is 10. The first-order chi connectivity index (χ1) is 36.7. The molecule has 4 aliphatic rings. The first kappa shape index (κ1) is 54.7. The van der Waals surface area contributed by atoms with Gasteiger partial charge in [-0.3, -0.25) is 58.2 Å². The van der Waals surface area contributed by atoms with Crippen LogP contribution in [-0.4, -0.2) is 127 Å². The van der Waals surface area contributed by atoms with E-state index in [4.69, 9.17) is 20.6 Å². The molecule has 0 fully saturated rings. The van der Waals surface area contributed by atoms with E-state index in [1.807, 2.05) is 0 Å². The number of carbonyl (C=O) groups excluding carboxylic acids is 9. The molecular formula is C53H56FN9O14. The van der Waals surface area contributed by atoms with Crippen LogP contribution in [0.25, 0.3) is 22.3 Å². The number of hydrogen-bond donors (Lipinski definition) is 7. The molecule has 404 valence electrons. The van der Waals surface area contributed by atoms with Gasteiger partial charge in [-0.1, -0.05) is 43.7 Å². The second-order valence-corrected chi connectivity index (χ2v) is 19.3. The first-order valence-corrected chi connectivity index (χ1v) is 25.0. The lowest BCUT2D eigenvalue weighted by atomic mass is 9.80. The molecule has 0 unspecified atom stereocenters. The largest absolute Gasteiger partial charge is 0.480 e. The number of amides is 8. The van der Waals surface area contributed by atoms with Gasteiger partial charge in [-0.2, -0.15) is 0 Å². The summed E-state index contributed by atoms with van der Waals surface area (Å²) in [5, 5.41) is 30.3. The molecule has 0 saturated heterocycles. The number of hydrogen-bond acceptors (Lipinski definition) is 15. The molecule has 2 aromatic heterocycles. The molecule has 77 heavy (non-hydrogen) atoms. The highest BCUT2D eigenvalue weighted by atomic mass is 19.1. The number of carboxylic acid groups (broad SMARTS) is 1. The Labute approximate surface area is 438 Å². The summed E-state index contributed by atoms with van der Waals surface area (Å²) in [7, 11) is 0. The monoisotopic (exact) mass is 1060 g/mol. The SMILES string of the molecule is CC[C@@]1(O)C(=O)OCc2c1cc1n(c2=O)Cc2c-1nc1cc(F)c(C)c3c1c2[C@@H](N(CC(=O)NC(=O)[C@H](Cc1ccccc1)NC(=O)CNC(=O)CNC(=O)C[C@H](N)C(=O)O)C(=O)CCCCCN1C(=O)C=CC1=O)CC3. The molecule has 8 rings (SSSR count). The molecular weight excluding hydrogens is 1010 g/mol. The van der Waals surface area contributed by atoms with Crippen LogP contribution in [0.5, 0.6) is 0 Å². The maximum absolute atomic E-state index is 15.8. The second-order valence-electron chi connectivity index (χ2n) is 19.3. The smallest absolute Gasteiger partial charge is 0.343 e. The van der Waals surface area contributed by atoms with Crippen molar-refractivity contribution in [2.45, 2.75) is 109 Å². The zero-order valence-electron chi connectivity index (χ0n) is 42.1. The minimum atomic E-state index is -2.15. The third kappa shape index (κ3) is 11.4. The molecule has 5 heterocycles. The van der Waals surface area contributed by atoms with Crippen LogP contribution in [0.3, 0.4) is 0 Å². The van der Waals surface area contributed by atoms with Gasteiger partial charge in [0.1, 0.15) is 31.1 Å². The Morgan fingerprint density at radius 2 is 1.62 bits per heavy atom. The van der Waals surface area contributed by atoms with Crippen molar-refractivity contribution < 1.29 is 67.3 Å². The van der Waals surface area contributed by atoms with Crippen LogP contribution in [0.1, 0.15) is 96.9 Å². The summed E-state index contributed by atoms with van der Waals surface area (Å²) in [6.45, 7) is 0.757. The number of esters is 1. The van der Waals surface area contributed by atoms with E-state index in [1.165, 1.54) is 33.8 Å². The van der Waals surface area contributed by atoms with Crippen LogP contribution in [-0.2, 0) is 84.3 Å². The van der Waals surface area contributed by atoms with Crippen molar-refractivity contribution in [1.82, 2.24) is 40.6 Å². The minimum absolute atomic E-state index is 0.0466. The van der Waals surface area contributed by atoms with E-state index in [0.717, 1.165) is 4.90 Å². The van der Waals surface area contributed by atoms with Crippen molar-refractivity contribution in [3.63, 3.8) is 0 Å². The van der Waals surface area contributed by atoms with Crippen LogP contribution >= 0.6 is 0 Å². The van der Waals surface area contributed by atoms with E-state index in [2.05, 4.69) is 21.3 Å². The van der Waals surface area contributed by atoms with Gasteiger partial charge in [0.15, 0.2) is 5.60 Å². The summed E-state index contributed by atoms with van der Waals surface area (Å²) in [5.41, 5.74) is 5.80. The fraction of sp³-hybridized carbons (Fsp3) is 0.396. The predicted octanol–water partition coefficient (Wildman–Crippen LogP) is 0.233. The predicted molar refractivity (Wildman–Crippen MR) is 268 cm³/mol. The standard InChI is InChI=1S/C53H56FN9O14/c1-3-53(76)32-19-38-48-30(24-63(38)50(72)31(32)26-77-52(53)75)47-37(14-13-29-27(2)33(54)20-35(59-48)46(29)47)62(43(68)12-8-5-9-17-61-44(69)15-16-45(61)70)25-42(67)60-49(71)36(18-28-10-6-4-7-11-28)58-41(66)23-57-40(65)22-56-39(64)21-34(55)51(73)74/h4,6-7,10-11,15-16,19-20,34,36-37,76H,3,5,8-9,12-14,17-18,21-26,55H2,1-2H3,(H,56,64)(H,57,65)(H,58,66)(H,73,74)(H,60,67,71)/t34-,36-,37-,53-/m0/s1. The number of aryl methyl sites for hydroxylation is 1. The lowest BCUT2D eigenvalue weighted by Gasteiger charge is -2.37. The number of fused-ring (bicyclic) bond motifs is 5. The fourth-order valence-electron chi connectivity index (χ4n) is 10.2. The van der Waals surface area contributed by atoms with Crippen molar-refractivity contribution in [2.24, 2.45) is 5.73 Å². The Hall–Kier alpha value is -8.51. The number of pyridine rings is 2. The number of cyclic esters (lactones) is 1. The average molecular weight is 1060 g/mol. The highest BCUT2D eigenvalue weighted by molar-refractivity contribution is 6.13. The third-order valence-electron chi connectivity index (χ3n) is 14.3. The van der Waals surface area contributed by atoms with E-state index in [9.17, 15) is 57.8 Å². The van der Waals surface area contributed by atoms with Gasteiger partial charge in [0.25, 0.3) is 17.4 Å². The highest BCUT2D eigenvalue weighted by Crippen LogP contribution is 2.47. The molecule has 0 saturated carbocycles. The van der Waals surface area contributed by atoms with Gasteiger partial charge in [-0.15, -0.1) is 0 Å². The van der Waals surface area contributed by atoms with E-state index >= 15 is 4.39 Å². The van der Waals surface area contributed by atoms with Crippen molar-refractivity contribution in [1.29, 1.82) is 0 Å². The number of aliphatic hydroxyl groups is 1. The van der Waals surface area contributed by atoms with Gasteiger partial charge < -0.3 is 46.1 Å². The molecule has 4 aromatic rings. The number of ether oxygens (including phenoxy) is 1. The van der Waals surface area contributed by atoms with Gasteiger partial charge in [0, 0.05) is 54.1 Å². The molecule has 0 radical (unpaired) electrons. The summed E-state index contributed by atoms with van der Waals surface area (Å²) >= 11 is 0. The van der Waals surface area contributed by atoms with Crippen molar-refractivity contribution >= 4 is 70.1 Å². The van der Waals surface area contributed by atoms with E-state index in [1.54, 1.807) is 44.2 Å². The molecule has 4 atom stereocenters. The van der Waals surface area contributed by atoms with E-state index in [-0.39, 0.29) is 79.6 Å². The van der Waals surface area contributed by atoms with Crippen LogP contribution < -0.4 is 32.6 Å². The lowest BCUT2D eigenvalue weighted by Crippen LogP contribution is -2.54. The molecule has 0 bridgehead atoms. The third-order valence-corrected chi connectivity index (χ3v) is 14.3. The Morgan fingerprint density at radius 1 is 0.922 bits per heavy atom. The van der Waals surface area contributed by atoms with Gasteiger partial charge in [-0.05, 0) is 67.3 Å². The Balaban J connectivity index is 1.08. The topological polar surface area (TPSA) is 336 Å². The molecule has 3 aliphatic heterocycles. The van der Waals surface area contributed by atoms with Crippen LogP contribution in [0.4, 0.5) is 4.39 Å². The lowest BCUT2D eigenvalue weighted by molar-refractivity contribution is -0.172. The van der Waals surface area contributed by atoms with Gasteiger partial charge >= 0.3 is 11.9 Å². The van der Waals surface area contributed by atoms with Crippen LogP contribution in [0, 0.1) is 12.7 Å². The first-order valence-electron chi connectivity index (χ1n) is 25.0. The molecule has 2 aromatic carbocycles. The number of unbranched alkanes of at least 4 members (excludes halogenated alkanes) is 2. The summed E-state index contributed by atoms with van der Waals surface area (Å²) in [5.74, 6) is -8.81. The minimum Gasteiger partial charge on any atom is -0.480 e.